The zero-order chi connectivity index (χ0) is 14.3. The maximum absolute atomic E-state index is 13.5. The van der Waals surface area contributed by atoms with Gasteiger partial charge in [0, 0.05) is 17.4 Å². The third kappa shape index (κ3) is 4.86. The van der Waals surface area contributed by atoms with Gasteiger partial charge in [-0.25, -0.2) is 4.39 Å². The van der Waals surface area contributed by atoms with Gasteiger partial charge < -0.3 is 16.3 Å². The van der Waals surface area contributed by atoms with E-state index in [4.69, 9.17) is 10.9 Å². The molecule has 0 aliphatic heterocycles. The molecule has 0 aliphatic carbocycles. The van der Waals surface area contributed by atoms with E-state index in [1.54, 1.807) is 6.07 Å². The molecule has 4 N–H and O–H groups in total. The summed E-state index contributed by atoms with van der Waals surface area (Å²) in [6.45, 7) is 0.401. The second-order valence-corrected chi connectivity index (χ2v) is 4.76. The maximum Gasteiger partial charge on any atom is 0.255 e. The summed E-state index contributed by atoms with van der Waals surface area (Å²) in [4.78, 5) is 11.8. The van der Waals surface area contributed by atoms with Crippen molar-refractivity contribution in [1.29, 1.82) is 0 Å². The van der Waals surface area contributed by atoms with Crippen LogP contribution in [0.25, 0.3) is 0 Å². The number of benzene rings is 1. The van der Waals surface area contributed by atoms with Gasteiger partial charge in [0.25, 0.3) is 5.91 Å². The van der Waals surface area contributed by atoms with Gasteiger partial charge in [0.2, 0.25) is 0 Å². The number of nitrogens with two attached hydrogens (primary N) is 1. The van der Waals surface area contributed by atoms with E-state index in [9.17, 15) is 9.18 Å². The summed E-state index contributed by atoms with van der Waals surface area (Å²) >= 11 is 3.14. The van der Waals surface area contributed by atoms with Crippen LogP contribution in [0.15, 0.2) is 27.8 Å². The van der Waals surface area contributed by atoms with Crippen LogP contribution in [-0.2, 0) is 0 Å². The Morgan fingerprint density at radius 2 is 2.21 bits per heavy atom. The van der Waals surface area contributed by atoms with Gasteiger partial charge in [-0.1, -0.05) is 11.2 Å². The highest BCUT2D eigenvalue weighted by atomic mass is 79.9. The topological polar surface area (TPSA) is 87.7 Å². The summed E-state index contributed by atoms with van der Waals surface area (Å²) in [5.74, 6) is -0.875. The number of nitrogens with zero attached hydrogens (tertiary/aromatic N) is 1. The van der Waals surface area contributed by atoms with Crippen LogP contribution in [0.4, 0.5) is 4.39 Å². The average Bonchev–Trinajstić information content (AvgIpc) is 2.37. The quantitative estimate of drug-likeness (QED) is 0.245. The van der Waals surface area contributed by atoms with E-state index < -0.39 is 11.7 Å². The van der Waals surface area contributed by atoms with Crippen molar-refractivity contribution in [2.75, 3.05) is 6.54 Å². The van der Waals surface area contributed by atoms with E-state index in [0.29, 0.717) is 30.3 Å². The number of hydrogen-bond acceptors (Lipinski definition) is 3. The van der Waals surface area contributed by atoms with Gasteiger partial charge in [0.05, 0.1) is 5.56 Å². The van der Waals surface area contributed by atoms with E-state index in [1.165, 1.54) is 12.1 Å². The molecular weight excluding hydrogens is 317 g/mol. The molecule has 0 fully saturated rings. The van der Waals surface area contributed by atoms with Crippen LogP contribution in [-0.4, -0.2) is 23.5 Å². The summed E-state index contributed by atoms with van der Waals surface area (Å²) in [5.41, 5.74) is 5.30. The van der Waals surface area contributed by atoms with Crippen molar-refractivity contribution in [3.05, 3.63) is 34.1 Å². The molecule has 1 aromatic rings. The molecule has 0 saturated carbocycles. The molecule has 0 spiro atoms. The summed E-state index contributed by atoms with van der Waals surface area (Å²) in [6.07, 6.45) is 1.79. The Morgan fingerprint density at radius 3 is 2.84 bits per heavy atom. The van der Waals surface area contributed by atoms with Crippen LogP contribution in [0.3, 0.4) is 0 Å². The zero-order valence-electron chi connectivity index (χ0n) is 10.2. The first-order chi connectivity index (χ1) is 9.06. The number of amidine groups is 1. The number of carbonyl (C=O) groups is 1. The molecule has 0 atom stereocenters. The molecule has 0 heterocycles. The molecule has 0 radical (unpaired) electrons. The minimum atomic E-state index is -0.566. The molecule has 0 saturated heterocycles. The molecule has 1 rings (SSSR count). The third-order valence-electron chi connectivity index (χ3n) is 2.46. The first-order valence-electron chi connectivity index (χ1n) is 5.75. The van der Waals surface area contributed by atoms with Gasteiger partial charge in [-0.15, -0.1) is 0 Å². The predicted octanol–water partition coefficient (Wildman–Crippen LogP) is 2.23. The monoisotopic (exact) mass is 331 g/mol. The lowest BCUT2D eigenvalue weighted by Crippen LogP contribution is -2.26. The standard InChI is InChI=1S/C12H15BrFN3O2/c13-8-4-3-5-9(14)11(8)12(18)16-7-2-1-6-10(15)17-19/h3-5,19H,1-2,6-7H2,(H2,15,17)(H,16,18). The number of carbonyl (C=O) groups excluding carboxylic acids is 1. The van der Waals surface area contributed by atoms with Gasteiger partial charge in [-0.3, -0.25) is 4.79 Å². The van der Waals surface area contributed by atoms with E-state index in [2.05, 4.69) is 26.4 Å². The second kappa shape index (κ2) is 7.73. The van der Waals surface area contributed by atoms with Gasteiger partial charge in [-0.05, 0) is 40.9 Å². The minimum absolute atomic E-state index is 0.000986. The van der Waals surface area contributed by atoms with Gasteiger partial charge in [-0.2, -0.15) is 0 Å². The minimum Gasteiger partial charge on any atom is -0.409 e. The maximum atomic E-state index is 13.5. The average molecular weight is 332 g/mol. The van der Waals surface area contributed by atoms with Crippen LogP contribution in [0.1, 0.15) is 29.6 Å². The fourth-order valence-electron chi connectivity index (χ4n) is 1.49. The lowest BCUT2D eigenvalue weighted by molar-refractivity contribution is 0.0948. The number of rotatable bonds is 6. The Kier molecular flexibility index (Phi) is 6.27. The van der Waals surface area contributed by atoms with Crippen molar-refractivity contribution < 1.29 is 14.4 Å². The first-order valence-corrected chi connectivity index (χ1v) is 6.54. The molecule has 104 valence electrons. The van der Waals surface area contributed by atoms with E-state index in [1.807, 2.05) is 0 Å². The van der Waals surface area contributed by atoms with Gasteiger partial charge >= 0.3 is 0 Å². The second-order valence-electron chi connectivity index (χ2n) is 3.90. The third-order valence-corrected chi connectivity index (χ3v) is 3.12. The first kappa shape index (κ1) is 15.4. The SMILES string of the molecule is N/C(CCCCNC(=O)c1c(F)cccc1Br)=N/O. The Morgan fingerprint density at radius 1 is 1.47 bits per heavy atom. The van der Waals surface area contributed by atoms with Crippen molar-refractivity contribution in [2.24, 2.45) is 10.9 Å². The Bertz CT molecular complexity index is 460. The van der Waals surface area contributed by atoms with Crippen molar-refractivity contribution >= 4 is 27.7 Å². The van der Waals surface area contributed by atoms with E-state index in [0.717, 1.165) is 0 Å². The summed E-state index contributed by atoms with van der Waals surface area (Å²) < 4.78 is 13.9. The van der Waals surface area contributed by atoms with Crippen LogP contribution in [0.5, 0.6) is 0 Å². The zero-order valence-corrected chi connectivity index (χ0v) is 11.8. The molecule has 1 aromatic carbocycles. The number of halogens is 2. The van der Waals surface area contributed by atoms with Crippen LogP contribution in [0.2, 0.25) is 0 Å². The van der Waals surface area contributed by atoms with Gasteiger partial charge in [0.1, 0.15) is 11.7 Å². The number of unbranched alkanes of at least 4 members (excludes halogenated alkanes) is 1. The van der Waals surface area contributed by atoms with Crippen LogP contribution in [0, 0.1) is 5.82 Å². The number of amides is 1. The number of oxime groups is 1. The van der Waals surface area contributed by atoms with E-state index >= 15 is 0 Å². The van der Waals surface area contributed by atoms with Crippen molar-refractivity contribution in [1.82, 2.24) is 5.32 Å². The molecule has 0 aromatic heterocycles. The summed E-state index contributed by atoms with van der Waals surface area (Å²) in [5, 5.41) is 13.8. The van der Waals surface area contributed by atoms with Crippen molar-refractivity contribution in [3.63, 3.8) is 0 Å². The fraction of sp³-hybridized carbons (Fsp3) is 0.333. The molecule has 7 heteroatoms. The Labute approximate surface area is 118 Å². The molecule has 0 aliphatic rings. The molecule has 0 bridgehead atoms. The van der Waals surface area contributed by atoms with Gasteiger partial charge in [0.15, 0.2) is 0 Å². The normalized spacial score (nSPS) is 11.4. The highest BCUT2D eigenvalue weighted by Crippen LogP contribution is 2.19. The smallest absolute Gasteiger partial charge is 0.255 e. The molecule has 0 unspecified atom stereocenters. The predicted molar refractivity (Wildman–Crippen MR) is 73.7 cm³/mol. The number of nitrogens with one attached hydrogen (secondary N) is 1. The molecular formula is C12H15BrFN3O2. The summed E-state index contributed by atoms with van der Waals surface area (Å²) in [7, 11) is 0. The van der Waals surface area contributed by atoms with Crippen LogP contribution < -0.4 is 11.1 Å². The lowest BCUT2D eigenvalue weighted by Gasteiger charge is -2.07. The largest absolute Gasteiger partial charge is 0.409 e. The Hall–Kier alpha value is -1.63. The summed E-state index contributed by atoms with van der Waals surface area (Å²) in [6, 6.07) is 4.36. The van der Waals surface area contributed by atoms with Crippen molar-refractivity contribution in [3.8, 4) is 0 Å². The Balaban J connectivity index is 2.40. The molecule has 19 heavy (non-hydrogen) atoms. The lowest BCUT2D eigenvalue weighted by atomic mass is 10.2. The fourth-order valence-corrected chi connectivity index (χ4v) is 2.01. The highest BCUT2D eigenvalue weighted by Gasteiger charge is 2.14. The molecule has 1 amide bonds. The van der Waals surface area contributed by atoms with E-state index in [-0.39, 0.29) is 11.4 Å². The highest BCUT2D eigenvalue weighted by molar-refractivity contribution is 9.10. The number of hydrogen-bond donors (Lipinski definition) is 3. The van der Waals surface area contributed by atoms with Crippen molar-refractivity contribution in [2.45, 2.75) is 19.3 Å². The molecule has 5 nitrogen and oxygen atoms in total. The van der Waals surface area contributed by atoms with Crippen LogP contribution >= 0.6 is 15.9 Å².